The second-order valence-corrected chi connectivity index (χ2v) is 18.2. The van der Waals surface area contributed by atoms with Crippen LogP contribution >= 0.6 is 48.0 Å². The molecule has 10 nitrogen and oxygen atoms in total. The van der Waals surface area contributed by atoms with Gasteiger partial charge in [-0.15, -0.1) is 0 Å². The van der Waals surface area contributed by atoms with Crippen LogP contribution in [0.4, 0.5) is 11.9 Å². The number of nitrogens with zero attached hydrogens (tertiary/aromatic N) is 6. The first kappa shape index (κ1) is 40.3. The lowest BCUT2D eigenvalue weighted by Crippen LogP contribution is -2.46. The van der Waals surface area contributed by atoms with Gasteiger partial charge >= 0.3 is 0 Å². The molecular weight excluding hydrogens is 725 g/mol. The fourth-order valence-electron chi connectivity index (χ4n) is 9.04. The predicted octanol–water partition coefficient (Wildman–Crippen LogP) is 9.86. The smallest absolute Gasteiger partial charge is 0.208 e. The fourth-order valence-corrected chi connectivity index (χ4v) is 10.9. The van der Waals surface area contributed by atoms with Gasteiger partial charge in [0.2, 0.25) is 21.4 Å². The summed E-state index contributed by atoms with van der Waals surface area (Å²) >= 11 is 14.5. The number of anilines is 2. The number of hydrogen-bond acceptors (Lipinski definition) is 12. The van der Waals surface area contributed by atoms with Crippen LogP contribution < -0.4 is 20.4 Å². The van der Waals surface area contributed by atoms with Crippen molar-refractivity contribution >= 4 is 59.9 Å². The molecule has 0 aromatic carbocycles. The van der Waals surface area contributed by atoms with Crippen LogP contribution in [0.25, 0.3) is 0 Å². The number of hydrogen-bond donors (Lipinski definition) is 4. The lowest BCUT2D eigenvalue weighted by molar-refractivity contribution is 0.334. The molecule has 0 amide bonds. The highest BCUT2D eigenvalue weighted by Crippen LogP contribution is 2.35. The van der Waals surface area contributed by atoms with Gasteiger partial charge in [-0.25, -0.2) is 0 Å². The van der Waals surface area contributed by atoms with Gasteiger partial charge < -0.3 is 30.4 Å². The lowest BCUT2D eigenvalue weighted by Gasteiger charge is -2.42. The van der Waals surface area contributed by atoms with E-state index in [1.165, 1.54) is 154 Å². The average Bonchev–Trinajstić information content (AvgIpc) is 3.17. The molecule has 2 heterocycles. The third-order valence-corrected chi connectivity index (χ3v) is 13.6. The highest BCUT2D eigenvalue weighted by Gasteiger charge is 2.32. The van der Waals surface area contributed by atoms with Crippen LogP contribution in [0.5, 0.6) is 0 Å². The molecule has 0 saturated heterocycles. The van der Waals surface area contributed by atoms with E-state index in [2.05, 4.69) is 40.4 Å². The van der Waals surface area contributed by atoms with Crippen LogP contribution in [-0.2, 0) is 0 Å². The molecule has 4 aliphatic carbocycles. The van der Waals surface area contributed by atoms with E-state index in [1.54, 1.807) is 23.5 Å². The number of thioether (sulfide) groups is 2. The number of H-pyrrole nitrogens is 2. The van der Waals surface area contributed by atoms with E-state index in [9.17, 15) is 0 Å². The molecule has 290 valence electrons. The Bertz CT molecular complexity index is 1290. The summed E-state index contributed by atoms with van der Waals surface area (Å²) in [7, 11) is 0. The van der Waals surface area contributed by atoms with Gasteiger partial charge in [0.25, 0.3) is 0 Å². The Morgan fingerprint density at radius 3 is 1.13 bits per heavy atom. The van der Waals surface area contributed by atoms with Crippen LogP contribution in [0, 0.1) is 9.54 Å². The molecule has 2 aromatic heterocycles. The van der Waals surface area contributed by atoms with E-state index in [4.69, 9.17) is 34.4 Å². The maximum atomic E-state index is 5.60. The molecule has 0 aliphatic heterocycles. The fraction of sp³-hybridized carbons (Fsp3) is 0.842. The summed E-state index contributed by atoms with van der Waals surface area (Å²) in [4.78, 5) is 31.2. The SMILES string of the molecule is S=c1nc(SCNCCCCCCNCSc2nc(N(C3CCCCC3)C3CCCCC3)[nH]c(=S)n2)nc(N(C2CCCCC2)C2CCCCC2)[nH]1. The van der Waals surface area contributed by atoms with E-state index in [0.717, 1.165) is 47.1 Å². The second-order valence-electron chi connectivity index (χ2n) is 15.5. The van der Waals surface area contributed by atoms with E-state index < -0.39 is 0 Å². The van der Waals surface area contributed by atoms with Crippen molar-refractivity contribution in [1.29, 1.82) is 0 Å². The van der Waals surface area contributed by atoms with Crippen molar-refractivity contribution in [3.8, 4) is 0 Å². The number of aromatic amines is 2. The molecule has 4 N–H and O–H groups in total. The molecule has 4 fully saturated rings. The molecule has 52 heavy (non-hydrogen) atoms. The summed E-state index contributed by atoms with van der Waals surface area (Å²) in [5, 5.41) is 8.77. The minimum atomic E-state index is 0.553. The quantitative estimate of drug-likeness (QED) is 0.0471. The number of unbranched alkanes of at least 4 members (excludes halogenated alkanes) is 3. The van der Waals surface area contributed by atoms with Crippen molar-refractivity contribution in [2.24, 2.45) is 0 Å². The summed E-state index contributed by atoms with van der Waals surface area (Å²) < 4.78 is 1.11. The number of nitrogens with one attached hydrogen (secondary N) is 4. The van der Waals surface area contributed by atoms with Gasteiger partial charge in [0.1, 0.15) is 0 Å². The van der Waals surface area contributed by atoms with Gasteiger partial charge in [0, 0.05) is 35.9 Å². The highest BCUT2D eigenvalue weighted by molar-refractivity contribution is 7.99. The van der Waals surface area contributed by atoms with Gasteiger partial charge in [-0.2, -0.15) is 19.9 Å². The minimum absolute atomic E-state index is 0.553. The second kappa shape index (κ2) is 22.3. The first-order chi connectivity index (χ1) is 25.6. The van der Waals surface area contributed by atoms with E-state index in [-0.39, 0.29) is 0 Å². The maximum absolute atomic E-state index is 5.60. The van der Waals surface area contributed by atoms with Crippen molar-refractivity contribution in [2.75, 3.05) is 34.6 Å². The summed E-state index contributed by atoms with van der Waals surface area (Å²) in [6.07, 6.45) is 30.9. The third-order valence-electron chi connectivity index (χ3n) is 11.7. The summed E-state index contributed by atoms with van der Waals surface area (Å²) in [5.74, 6) is 3.51. The summed E-state index contributed by atoms with van der Waals surface area (Å²) in [5.41, 5.74) is 0. The summed E-state index contributed by atoms with van der Waals surface area (Å²) in [6.45, 7) is 2.01. The van der Waals surface area contributed by atoms with Gasteiger partial charge in [-0.3, -0.25) is 0 Å². The van der Waals surface area contributed by atoms with Crippen molar-refractivity contribution < 1.29 is 0 Å². The third kappa shape index (κ3) is 12.6. The Labute approximate surface area is 331 Å². The first-order valence-corrected chi connectivity index (χ1v) is 23.6. The molecule has 0 atom stereocenters. The largest absolute Gasteiger partial charge is 0.336 e. The molecule has 2 aromatic rings. The molecule has 6 rings (SSSR count). The molecule has 14 heteroatoms. The van der Waals surface area contributed by atoms with Gasteiger partial charge in [0.15, 0.2) is 10.3 Å². The predicted molar refractivity (Wildman–Crippen MR) is 223 cm³/mol. The van der Waals surface area contributed by atoms with Gasteiger partial charge in [0.05, 0.1) is 0 Å². The van der Waals surface area contributed by atoms with E-state index >= 15 is 0 Å². The van der Waals surface area contributed by atoms with Crippen LogP contribution in [0.1, 0.15) is 154 Å². The zero-order valence-corrected chi connectivity index (χ0v) is 34.7. The Morgan fingerprint density at radius 2 is 0.808 bits per heavy atom. The number of aromatic nitrogens is 6. The van der Waals surface area contributed by atoms with Crippen LogP contribution in [0.3, 0.4) is 0 Å². The van der Waals surface area contributed by atoms with Gasteiger partial charge in [-0.1, -0.05) is 113 Å². The standard InChI is InChI=1S/C38H64N10S4/c49-35-41-33(47(29-17-7-3-8-18-29)30-19-9-4-10-20-30)43-37(45-35)51-27-39-25-15-1-2-16-26-40-28-52-38-44-34(42-36(50)46-38)48(31-21-11-5-12-22-31)32-23-13-6-14-24-32/h29-32,39-40H,1-28H2,(H,41,43,45,49)(H,42,44,46,50). The Morgan fingerprint density at radius 1 is 0.481 bits per heavy atom. The zero-order chi connectivity index (χ0) is 35.8. The van der Waals surface area contributed by atoms with Crippen LogP contribution in [0.2, 0.25) is 0 Å². The number of rotatable bonds is 19. The molecule has 0 bridgehead atoms. The monoisotopic (exact) mass is 788 g/mol. The molecular formula is C38H64N10S4. The maximum Gasteiger partial charge on any atom is 0.208 e. The van der Waals surface area contributed by atoms with Crippen molar-refractivity contribution in [1.82, 2.24) is 40.5 Å². The lowest BCUT2D eigenvalue weighted by atomic mass is 9.89. The molecule has 4 aliphatic rings. The van der Waals surface area contributed by atoms with E-state index in [0.29, 0.717) is 33.7 Å². The van der Waals surface area contributed by atoms with Crippen LogP contribution in [-0.4, -0.2) is 78.9 Å². The van der Waals surface area contributed by atoms with Crippen molar-refractivity contribution in [2.45, 2.75) is 189 Å². The Kier molecular flexibility index (Phi) is 17.3. The Balaban J connectivity index is 0.864. The van der Waals surface area contributed by atoms with Crippen molar-refractivity contribution in [3.63, 3.8) is 0 Å². The summed E-state index contributed by atoms with van der Waals surface area (Å²) in [6, 6.07) is 2.28. The van der Waals surface area contributed by atoms with Crippen molar-refractivity contribution in [3.05, 3.63) is 9.54 Å². The minimum Gasteiger partial charge on any atom is -0.336 e. The normalized spacial score (nSPS) is 19.9. The van der Waals surface area contributed by atoms with E-state index in [1.807, 2.05) is 0 Å². The average molecular weight is 789 g/mol. The topological polar surface area (TPSA) is 114 Å². The molecule has 0 radical (unpaired) electrons. The molecule has 4 saturated carbocycles. The van der Waals surface area contributed by atoms with Gasteiger partial charge in [-0.05, 0) is 102 Å². The highest BCUT2D eigenvalue weighted by atomic mass is 32.2. The Hall–Kier alpha value is -1.32. The molecule has 0 spiro atoms. The first-order valence-electron chi connectivity index (χ1n) is 20.8. The zero-order valence-electron chi connectivity index (χ0n) is 31.4. The van der Waals surface area contributed by atoms with Crippen LogP contribution in [0.15, 0.2) is 10.3 Å². The molecule has 0 unspecified atom stereocenters.